The van der Waals surface area contributed by atoms with Gasteiger partial charge in [-0.2, -0.15) is 0 Å². The molecule has 1 rings (SSSR count). The van der Waals surface area contributed by atoms with E-state index in [0.29, 0.717) is 0 Å². The van der Waals surface area contributed by atoms with Crippen LogP contribution in [0.2, 0.25) is 0 Å². The highest BCUT2D eigenvalue weighted by molar-refractivity contribution is 5.37. The van der Waals surface area contributed by atoms with Crippen molar-refractivity contribution in [3.63, 3.8) is 0 Å². The van der Waals surface area contributed by atoms with Crippen LogP contribution in [0, 0.1) is 20.8 Å². The number of rotatable bonds is 6. The van der Waals surface area contributed by atoms with Crippen molar-refractivity contribution >= 4 is 0 Å². The van der Waals surface area contributed by atoms with Gasteiger partial charge in [-0.15, -0.1) is 0 Å². The van der Waals surface area contributed by atoms with Crippen molar-refractivity contribution in [1.82, 2.24) is 4.90 Å². The van der Waals surface area contributed by atoms with Gasteiger partial charge in [-0.25, -0.2) is 0 Å². The third kappa shape index (κ3) is 4.14. The lowest BCUT2D eigenvalue weighted by Gasteiger charge is -2.22. The van der Waals surface area contributed by atoms with Crippen LogP contribution in [0.15, 0.2) is 12.1 Å². The maximum Gasteiger partial charge on any atom is 0.0238 e. The summed E-state index contributed by atoms with van der Waals surface area (Å²) in [7, 11) is 0. The summed E-state index contributed by atoms with van der Waals surface area (Å²) in [6.07, 6.45) is 1.08. The first-order chi connectivity index (χ1) is 8.08. The molecule has 17 heavy (non-hydrogen) atoms. The van der Waals surface area contributed by atoms with Gasteiger partial charge in [-0.3, -0.25) is 4.90 Å². The minimum atomic E-state index is 0.780. The van der Waals surface area contributed by atoms with E-state index in [4.69, 9.17) is 5.73 Å². The fourth-order valence-corrected chi connectivity index (χ4v) is 2.35. The van der Waals surface area contributed by atoms with E-state index in [2.05, 4.69) is 44.7 Å². The van der Waals surface area contributed by atoms with Gasteiger partial charge in [0.2, 0.25) is 0 Å². The predicted molar refractivity (Wildman–Crippen MR) is 75.3 cm³/mol. The van der Waals surface area contributed by atoms with Crippen LogP contribution in [0.5, 0.6) is 0 Å². The Morgan fingerprint density at radius 2 is 1.71 bits per heavy atom. The van der Waals surface area contributed by atoms with Gasteiger partial charge >= 0.3 is 0 Å². The largest absolute Gasteiger partial charge is 0.330 e. The Morgan fingerprint density at radius 1 is 1.12 bits per heavy atom. The first-order valence-corrected chi connectivity index (χ1v) is 6.57. The maximum atomic E-state index is 5.58. The van der Waals surface area contributed by atoms with E-state index in [1.165, 1.54) is 22.3 Å². The minimum Gasteiger partial charge on any atom is -0.330 e. The van der Waals surface area contributed by atoms with Gasteiger partial charge < -0.3 is 5.73 Å². The van der Waals surface area contributed by atoms with Crippen molar-refractivity contribution in [2.24, 2.45) is 5.73 Å². The summed E-state index contributed by atoms with van der Waals surface area (Å²) < 4.78 is 0. The second-order valence-corrected chi connectivity index (χ2v) is 4.89. The Labute approximate surface area is 106 Å². The first kappa shape index (κ1) is 14.2. The molecule has 0 spiro atoms. The second-order valence-electron chi connectivity index (χ2n) is 4.89. The Balaban J connectivity index is 2.78. The van der Waals surface area contributed by atoms with Crippen LogP contribution in [0.25, 0.3) is 0 Å². The third-order valence-electron chi connectivity index (χ3n) is 3.35. The Bertz CT molecular complexity index is 335. The molecule has 1 aromatic carbocycles. The van der Waals surface area contributed by atoms with Crippen molar-refractivity contribution in [2.75, 3.05) is 19.6 Å². The molecule has 2 nitrogen and oxygen atoms in total. The van der Waals surface area contributed by atoms with Crippen LogP contribution in [-0.2, 0) is 6.54 Å². The van der Waals surface area contributed by atoms with Crippen molar-refractivity contribution < 1.29 is 0 Å². The summed E-state index contributed by atoms with van der Waals surface area (Å²) in [4.78, 5) is 2.47. The van der Waals surface area contributed by atoms with Crippen LogP contribution in [0.1, 0.15) is 35.6 Å². The van der Waals surface area contributed by atoms with Gasteiger partial charge in [0.05, 0.1) is 0 Å². The lowest BCUT2D eigenvalue weighted by Crippen LogP contribution is -2.26. The highest BCUT2D eigenvalue weighted by Crippen LogP contribution is 2.18. The molecule has 0 saturated carbocycles. The van der Waals surface area contributed by atoms with Gasteiger partial charge in [0, 0.05) is 6.54 Å². The number of nitrogens with zero attached hydrogens (tertiary/aromatic N) is 1. The van der Waals surface area contributed by atoms with Crippen LogP contribution >= 0.6 is 0 Å². The molecule has 0 aliphatic carbocycles. The summed E-state index contributed by atoms with van der Waals surface area (Å²) >= 11 is 0. The number of nitrogens with two attached hydrogens (primary N) is 1. The molecule has 0 aliphatic rings. The van der Waals surface area contributed by atoms with E-state index in [-0.39, 0.29) is 0 Å². The number of aryl methyl sites for hydroxylation is 3. The van der Waals surface area contributed by atoms with Crippen molar-refractivity contribution in [2.45, 2.75) is 40.7 Å². The van der Waals surface area contributed by atoms with Crippen LogP contribution < -0.4 is 5.73 Å². The molecule has 0 amide bonds. The molecular formula is C15H26N2. The van der Waals surface area contributed by atoms with Gasteiger partial charge in [-0.05, 0) is 63.5 Å². The fraction of sp³-hybridized carbons (Fsp3) is 0.600. The molecule has 0 radical (unpaired) electrons. The molecule has 2 N–H and O–H groups in total. The SMILES string of the molecule is CCN(CCCN)Cc1c(C)cc(C)cc1C. The second kappa shape index (κ2) is 6.77. The average Bonchev–Trinajstić information content (AvgIpc) is 2.27. The quantitative estimate of drug-likeness (QED) is 0.820. The number of hydrogen-bond acceptors (Lipinski definition) is 2. The lowest BCUT2D eigenvalue weighted by atomic mass is 9.99. The summed E-state index contributed by atoms with van der Waals surface area (Å²) in [5.41, 5.74) is 11.2. The molecule has 0 saturated heterocycles. The van der Waals surface area contributed by atoms with E-state index in [0.717, 1.165) is 32.6 Å². The van der Waals surface area contributed by atoms with E-state index >= 15 is 0 Å². The summed E-state index contributed by atoms with van der Waals surface area (Å²) in [6.45, 7) is 12.8. The van der Waals surface area contributed by atoms with Crippen molar-refractivity contribution in [3.8, 4) is 0 Å². The van der Waals surface area contributed by atoms with E-state index < -0.39 is 0 Å². The monoisotopic (exact) mass is 234 g/mol. The fourth-order valence-electron chi connectivity index (χ4n) is 2.35. The lowest BCUT2D eigenvalue weighted by molar-refractivity contribution is 0.277. The van der Waals surface area contributed by atoms with Gasteiger partial charge in [0.25, 0.3) is 0 Å². The number of benzene rings is 1. The average molecular weight is 234 g/mol. The van der Waals surface area contributed by atoms with E-state index in [9.17, 15) is 0 Å². The summed E-state index contributed by atoms with van der Waals surface area (Å²) in [6, 6.07) is 4.55. The minimum absolute atomic E-state index is 0.780. The van der Waals surface area contributed by atoms with Gasteiger partial charge in [0.1, 0.15) is 0 Å². The molecule has 1 aromatic rings. The molecule has 0 fully saturated rings. The summed E-state index contributed by atoms with van der Waals surface area (Å²) in [5, 5.41) is 0. The van der Waals surface area contributed by atoms with E-state index in [1.807, 2.05) is 0 Å². The zero-order valence-electron chi connectivity index (χ0n) is 11.7. The topological polar surface area (TPSA) is 29.3 Å². The maximum absolute atomic E-state index is 5.58. The molecule has 96 valence electrons. The number of hydrogen-bond donors (Lipinski definition) is 1. The Morgan fingerprint density at radius 3 is 2.18 bits per heavy atom. The molecule has 0 atom stereocenters. The molecule has 0 bridgehead atoms. The molecular weight excluding hydrogens is 208 g/mol. The first-order valence-electron chi connectivity index (χ1n) is 6.57. The molecule has 0 heterocycles. The van der Waals surface area contributed by atoms with Crippen LogP contribution in [-0.4, -0.2) is 24.5 Å². The Hall–Kier alpha value is -0.860. The zero-order chi connectivity index (χ0) is 12.8. The normalized spacial score (nSPS) is 11.2. The molecule has 0 unspecified atom stereocenters. The third-order valence-corrected chi connectivity index (χ3v) is 3.35. The molecule has 0 aliphatic heterocycles. The van der Waals surface area contributed by atoms with Gasteiger partial charge in [0.15, 0.2) is 0 Å². The van der Waals surface area contributed by atoms with E-state index in [1.54, 1.807) is 0 Å². The smallest absolute Gasteiger partial charge is 0.0238 e. The van der Waals surface area contributed by atoms with Crippen molar-refractivity contribution in [3.05, 3.63) is 34.4 Å². The zero-order valence-corrected chi connectivity index (χ0v) is 11.7. The predicted octanol–water partition coefficient (Wildman–Crippen LogP) is 2.78. The highest BCUT2D eigenvalue weighted by Gasteiger charge is 2.08. The van der Waals surface area contributed by atoms with Crippen LogP contribution in [0.4, 0.5) is 0 Å². The molecule has 2 heteroatoms. The molecule has 0 aromatic heterocycles. The standard InChI is InChI=1S/C15H26N2/c1-5-17(8-6-7-16)11-15-13(3)9-12(2)10-14(15)4/h9-10H,5-8,11,16H2,1-4H3. The Kier molecular flexibility index (Phi) is 5.66. The highest BCUT2D eigenvalue weighted by atomic mass is 15.1. The van der Waals surface area contributed by atoms with Crippen molar-refractivity contribution in [1.29, 1.82) is 0 Å². The van der Waals surface area contributed by atoms with Crippen LogP contribution in [0.3, 0.4) is 0 Å². The van der Waals surface area contributed by atoms with Gasteiger partial charge in [-0.1, -0.05) is 24.6 Å². The summed E-state index contributed by atoms with van der Waals surface area (Å²) in [5.74, 6) is 0.